The van der Waals surface area contributed by atoms with Crippen LogP contribution in [0.25, 0.3) is 0 Å². The maximum atomic E-state index is 13.7. The van der Waals surface area contributed by atoms with E-state index in [0.29, 0.717) is 5.69 Å². The molecule has 76 valence electrons. The predicted octanol–water partition coefficient (Wildman–Crippen LogP) is 3.73. The second-order valence-electron chi connectivity index (χ2n) is 3.39. The highest BCUT2D eigenvalue weighted by Crippen LogP contribution is 2.33. The topological polar surface area (TPSA) is 3.24 Å². The number of benzene rings is 1. The molecular weight excluding hydrogens is 224 g/mol. The van der Waals surface area contributed by atoms with Crippen LogP contribution >= 0.6 is 23.2 Å². The highest BCUT2D eigenvalue weighted by Gasteiger charge is 2.18. The van der Waals surface area contributed by atoms with Crippen molar-refractivity contribution in [1.29, 1.82) is 0 Å². The lowest BCUT2D eigenvalue weighted by Gasteiger charge is -2.18. The second kappa shape index (κ2) is 3.95. The Balaban J connectivity index is 2.38. The van der Waals surface area contributed by atoms with Gasteiger partial charge in [0, 0.05) is 13.1 Å². The molecule has 0 bridgehead atoms. The van der Waals surface area contributed by atoms with Gasteiger partial charge < -0.3 is 4.90 Å². The molecule has 4 heteroatoms. The fraction of sp³-hybridized carbons (Fsp3) is 0.400. The zero-order chi connectivity index (χ0) is 10.1. The van der Waals surface area contributed by atoms with Crippen molar-refractivity contribution in [3.8, 4) is 0 Å². The van der Waals surface area contributed by atoms with E-state index in [0.717, 1.165) is 25.9 Å². The highest BCUT2D eigenvalue weighted by atomic mass is 35.5. The Kier molecular flexibility index (Phi) is 2.84. The molecule has 1 nitrogen and oxygen atoms in total. The van der Waals surface area contributed by atoms with E-state index < -0.39 is 5.82 Å². The van der Waals surface area contributed by atoms with Crippen molar-refractivity contribution < 1.29 is 4.39 Å². The van der Waals surface area contributed by atoms with Gasteiger partial charge in [0.05, 0.1) is 15.7 Å². The molecule has 0 spiro atoms. The third-order valence-corrected chi connectivity index (χ3v) is 3.24. The minimum Gasteiger partial charge on any atom is -0.369 e. The van der Waals surface area contributed by atoms with E-state index in [1.54, 1.807) is 12.1 Å². The van der Waals surface area contributed by atoms with Crippen molar-refractivity contribution in [3.05, 3.63) is 28.0 Å². The van der Waals surface area contributed by atoms with Crippen molar-refractivity contribution in [3.63, 3.8) is 0 Å². The third kappa shape index (κ3) is 1.69. The largest absolute Gasteiger partial charge is 0.369 e. The third-order valence-electron chi connectivity index (χ3n) is 2.46. The predicted molar refractivity (Wildman–Crippen MR) is 57.9 cm³/mol. The zero-order valence-corrected chi connectivity index (χ0v) is 9.08. The van der Waals surface area contributed by atoms with E-state index in [9.17, 15) is 4.39 Å². The van der Waals surface area contributed by atoms with E-state index in [-0.39, 0.29) is 10.0 Å². The zero-order valence-electron chi connectivity index (χ0n) is 7.56. The van der Waals surface area contributed by atoms with Gasteiger partial charge in [0.15, 0.2) is 5.82 Å². The molecule has 1 aromatic rings. The average Bonchev–Trinajstić information content (AvgIpc) is 2.67. The summed E-state index contributed by atoms with van der Waals surface area (Å²) in [5, 5.41) is 0.295. The Hall–Kier alpha value is -0.470. The van der Waals surface area contributed by atoms with Crippen LogP contribution in [0.1, 0.15) is 12.8 Å². The van der Waals surface area contributed by atoms with Crippen LogP contribution in [0.5, 0.6) is 0 Å². The highest BCUT2D eigenvalue weighted by molar-refractivity contribution is 6.42. The van der Waals surface area contributed by atoms with Crippen LogP contribution in [0.4, 0.5) is 10.1 Å². The van der Waals surface area contributed by atoms with Crippen LogP contribution in [0.2, 0.25) is 10.0 Å². The molecule has 0 aromatic heterocycles. The van der Waals surface area contributed by atoms with Gasteiger partial charge in [0.1, 0.15) is 0 Å². The number of halogens is 3. The molecule has 1 aromatic carbocycles. The Morgan fingerprint density at radius 1 is 1.14 bits per heavy atom. The Morgan fingerprint density at radius 2 is 1.79 bits per heavy atom. The molecule has 1 saturated heterocycles. The van der Waals surface area contributed by atoms with Crippen LogP contribution in [-0.2, 0) is 0 Å². The van der Waals surface area contributed by atoms with Gasteiger partial charge in [-0.2, -0.15) is 0 Å². The first-order chi connectivity index (χ1) is 6.70. The van der Waals surface area contributed by atoms with Crippen molar-refractivity contribution in [2.24, 2.45) is 0 Å². The van der Waals surface area contributed by atoms with E-state index in [1.165, 1.54) is 0 Å². The summed E-state index contributed by atoms with van der Waals surface area (Å²) < 4.78 is 13.7. The maximum Gasteiger partial charge on any atom is 0.166 e. The molecule has 1 heterocycles. The van der Waals surface area contributed by atoms with Crippen LogP contribution in [0, 0.1) is 5.82 Å². The SMILES string of the molecule is Fc1c(N2CCCC2)ccc(Cl)c1Cl. The number of hydrogen-bond acceptors (Lipinski definition) is 1. The van der Waals surface area contributed by atoms with E-state index in [1.807, 2.05) is 4.90 Å². The summed E-state index contributed by atoms with van der Waals surface area (Å²) in [6, 6.07) is 3.33. The fourth-order valence-electron chi connectivity index (χ4n) is 1.72. The summed E-state index contributed by atoms with van der Waals surface area (Å²) in [5.74, 6) is -0.402. The fourth-order valence-corrected chi connectivity index (χ4v) is 2.02. The molecule has 0 atom stereocenters. The molecule has 1 aliphatic heterocycles. The van der Waals surface area contributed by atoms with Crippen molar-refractivity contribution in [2.45, 2.75) is 12.8 Å². The maximum absolute atomic E-state index is 13.7. The molecule has 0 unspecified atom stereocenters. The molecule has 0 aliphatic carbocycles. The van der Waals surface area contributed by atoms with Crippen molar-refractivity contribution in [2.75, 3.05) is 18.0 Å². The molecule has 0 saturated carbocycles. The average molecular weight is 234 g/mol. The minimum absolute atomic E-state index is 0.0241. The number of hydrogen-bond donors (Lipinski definition) is 0. The van der Waals surface area contributed by atoms with Gasteiger partial charge in [-0.1, -0.05) is 23.2 Å². The standard InChI is InChI=1S/C10H10Cl2FN/c11-7-3-4-8(10(13)9(7)12)14-5-1-2-6-14/h3-4H,1-2,5-6H2. The number of rotatable bonds is 1. The molecule has 0 amide bonds. The molecule has 14 heavy (non-hydrogen) atoms. The molecule has 1 fully saturated rings. The Bertz CT molecular complexity index is 348. The summed E-state index contributed by atoms with van der Waals surface area (Å²) in [5.41, 5.74) is 0.567. The minimum atomic E-state index is -0.402. The molecular formula is C10H10Cl2FN. The number of nitrogens with zero attached hydrogens (tertiary/aromatic N) is 1. The summed E-state index contributed by atoms with van der Waals surface area (Å²) >= 11 is 11.4. The lowest BCUT2D eigenvalue weighted by Crippen LogP contribution is -2.18. The molecule has 2 rings (SSSR count). The lowest BCUT2D eigenvalue weighted by molar-refractivity contribution is 0.623. The van der Waals surface area contributed by atoms with E-state index in [4.69, 9.17) is 23.2 Å². The van der Waals surface area contributed by atoms with Gasteiger partial charge in [0.2, 0.25) is 0 Å². The molecule has 0 N–H and O–H groups in total. The molecule has 1 aliphatic rings. The molecule has 0 radical (unpaired) electrons. The van der Waals surface area contributed by atoms with Gasteiger partial charge in [0.25, 0.3) is 0 Å². The van der Waals surface area contributed by atoms with Gasteiger partial charge >= 0.3 is 0 Å². The van der Waals surface area contributed by atoms with Gasteiger partial charge in [-0.3, -0.25) is 0 Å². The Morgan fingerprint density at radius 3 is 2.43 bits per heavy atom. The quantitative estimate of drug-likeness (QED) is 0.669. The second-order valence-corrected chi connectivity index (χ2v) is 4.17. The van der Waals surface area contributed by atoms with Gasteiger partial charge in [-0.15, -0.1) is 0 Å². The first-order valence-electron chi connectivity index (χ1n) is 4.58. The summed E-state index contributed by atoms with van der Waals surface area (Å²) in [6.07, 6.45) is 2.22. The smallest absolute Gasteiger partial charge is 0.166 e. The normalized spacial score (nSPS) is 16.4. The van der Waals surface area contributed by atoms with Crippen LogP contribution in [-0.4, -0.2) is 13.1 Å². The first-order valence-corrected chi connectivity index (χ1v) is 5.34. The van der Waals surface area contributed by atoms with Crippen LogP contribution in [0.15, 0.2) is 12.1 Å². The Labute approximate surface area is 92.4 Å². The lowest BCUT2D eigenvalue weighted by atomic mass is 10.3. The van der Waals surface area contributed by atoms with E-state index in [2.05, 4.69) is 0 Å². The van der Waals surface area contributed by atoms with Gasteiger partial charge in [-0.25, -0.2) is 4.39 Å². The summed E-state index contributed by atoms with van der Waals surface area (Å²) in [6.45, 7) is 1.80. The van der Waals surface area contributed by atoms with Crippen molar-refractivity contribution in [1.82, 2.24) is 0 Å². The van der Waals surface area contributed by atoms with Crippen LogP contribution < -0.4 is 4.90 Å². The summed E-state index contributed by atoms with van der Waals surface area (Å²) in [4.78, 5) is 2.00. The monoisotopic (exact) mass is 233 g/mol. The van der Waals surface area contributed by atoms with Gasteiger partial charge in [-0.05, 0) is 25.0 Å². The van der Waals surface area contributed by atoms with E-state index >= 15 is 0 Å². The number of anilines is 1. The van der Waals surface area contributed by atoms with Crippen molar-refractivity contribution >= 4 is 28.9 Å². The van der Waals surface area contributed by atoms with Crippen LogP contribution in [0.3, 0.4) is 0 Å². The summed E-state index contributed by atoms with van der Waals surface area (Å²) in [7, 11) is 0. The first kappa shape index (κ1) is 10.1.